The summed E-state index contributed by atoms with van der Waals surface area (Å²) in [7, 11) is -1.18. The van der Waals surface area contributed by atoms with Gasteiger partial charge in [0.25, 0.3) is 0 Å². The standard InChI is InChI=1S/C18H25N5O3S2/c1-3-4-9-23(15-7-10-28(25,26)13-15)16(24)12-27-18-21-20-17(22(18)2)14-6-5-8-19-11-14/h5-6,8,11,15H,3-4,7,9-10,12-13H2,1-2H3/t15-/m0/s1. The van der Waals surface area contributed by atoms with Gasteiger partial charge in [-0.3, -0.25) is 9.78 Å². The Morgan fingerprint density at radius 2 is 2.21 bits per heavy atom. The summed E-state index contributed by atoms with van der Waals surface area (Å²) in [5.41, 5.74) is 0.858. The molecule has 152 valence electrons. The summed E-state index contributed by atoms with van der Waals surface area (Å²) in [6.07, 6.45) is 5.76. The number of pyridine rings is 1. The number of hydrogen-bond donors (Lipinski definition) is 0. The molecule has 28 heavy (non-hydrogen) atoms. The number of hydrogen-bond acceptors (Lipinski definition) is 7. The first-order valence-electron chi connectivity index (χ1n) is 9.33. The molecule has 3 heterocycles. The van der Waals surface area contributed by atoms with E-state index in [0.29, 0.717) is 23.9 Å². The average molecular weight is 424 g/mol. The van der Waals surface area contributed by atoms with E-state index in [1.165, 1.54) is 11.8 Å². The van der Waals surface area contributed by atoms with Crippen molar-refractivity contribution >= 4 is 27.5 Å². The van der Waals surface area contributed by atoms with Gasteiger partial charge in [0.15, 0.2) is 20.8 Å². The van der Waals surface area contributed by atoms with Crippen LogP contribution in [-0.2, 0) is 21.7 Å². The van der Waals surface area contributed by atoms with E-state index in [2.05, 4.69) is 22.1 Å². The molecule has 10 heteroatoms. The maximum absolute atomic E-state index is 12.9. The van der Waals surface area contributed by atoms with Crippen LogP contribution >= 0.6 is 11.8 Å². The van der Waals surface area contributed by atoms with E-state index in [1.54, 1.807) is 17.3 Å². The van der Waals surface area contributed by atoms with E-state index < -0.39 is 9.84 Å². The van der Waals surface area contributed by atoms with Crippen molar-refractivity contribution in [1.29, 1.82) is 0 Å². The van der Waals surface area contributed by atoms with Gasteiger partial charge in [0.1, 0.15) is 0 Å². The van der Waals surface area contributed by atoms with Crippen molar-refractivity contribution in [1.82, 2.24) is 24.6 Å². The molecule has 0 bridgehead atoms. The third kappa shape index (κ3) is 4.91. The lowest BCUT2D eigenvalue weighted by atomic mass is 10.2. The highest BCUT2D eigenvalue weighted by Gasteiger charge is 2.34. The van der Waals surface area contributed by atoms with Crippen LogP contribution in [0.5, 0.6) is 0 Å². The molecule has 0 spiro atoms. The molecule has 1 saturated heterocycles. The van der Waals surface area contributed by atoms with Crippen LogP contribution in [0.25, 0.3) is 11.4 Å². The fraction of sp³-hybridized carbons (Fsp3) is 0.556. The first-order valence-corrected chi connectivity index (χ1v) is 12.1. The topological polar surface area (TPSA) is 98.1 Å². The van der Waals surface area contributed by atoms with Gasteiger partial charge >= 0.3 is 0 Å². The number of unbranched alkanes of at least 4 members (excludes halogenated alkanes) is 1. The smallest absolute Gasteiger partial charge is 0.233 e. The minimum atomic E-state index is -3.03. The van der Waals surface area contributed by atoms with Gasteiger partial charge in [0.05, 0.1) is 17.3 Å². The maximum atomic E-state index is 12.9. The van der Waals surface area contributed by atoms with E-state index in [-0.39, 0.29) is 29.2 Å². The van der Waals surface area contributed by atoms with E-state index >= 15 is 0 Å². The van der Waals surface area contributed by atoms with Crippen LogP contribution in [0.4, 0.5) is 0 Å². The number of thioether (sulfide) groups is 1. The van der Waals surface area contributed by atoms with Gasteiger partial charge in [-0.15, -0.1) is 10.2 Å². The summed E-state index contributed by atoms with van der Waals surface area (Å²) in [5.74, 6) is 1.08. The van der Waals surface area contributed by atoms with Gasteiger partial charge in [0.2, 0.25) is 5.91 Å². The van der Waals surface area contributed by atoms with Gasteiger partial charge in [-0.2, -0.15) is 0 Å². The highest BCUT2D eigenvalue weighted by molar-refractivity contribution is 7.99. The number of rotatable bonds is 8. The lowest BCUT2D eigenvalue weighted by Gasteiger charge is -2.28. The van der Waals surface area contributed by atoms with Crippen molar-refractivity contribution < 1.29 is 13.2 Å². The Morgan fingerprint density at radius 3 is 2.86 bits per heavy atom. The second-order valence-electron chi connectivity index (χ2n) is 6.89. The first-order chi connectivity index (χ1) is 13.4. The van der Waals surface area contributed by atoms with E-state index in [0.717, 1.165) is 18.4 Å². The Morgan fingerprint density at radius 1 is 1.39 bits per heavy atom. The third-order valence-electron chi connectivity index (χ3n) is 4.80. The Bertz CT molecular complexity index is 915. The Balaban J connectivity index is 1.67. The first kappa shape index (κ1) is 20.8. The van der Waals surface area contributed by atoms with Gasteiger partial charge in [-0.1, -0.05) is 25.1 Å². The quantitative estimate of drug-likeness (QED) is 0.597. The molecule has 1 atom stereocenters. The van der Waals surface area contributed by atoms with Crippen molar-refractivity contribution in [2.45, 2.75) is 37.4 Å². The predicted molar refractivity (Wildman–Crippen MR) is 109 cm³/mol. The lowest BCUT2D eigenvalue weighted by molar-refractivity contribution is -0.130. The van der Waals surface area contributed by atoms with E-state index in [4.69, 9.17) is 0 Å². The average Bonchev–Trinajstić information content (AvgIpc) is 3.23. The van der Waals surface area contributed by atoms with Crippen LogP contribution in [-0.4, -0.2) is 68.8 Å². The number of carbonyl (C=O) groups is 1. The van der Waals surface area contributed by atoms with Crippen LogP contribution in [0.15, 0.2) is 29.7 Å². The Hall–Kier alpha value is -1.94. The summed E-state index contributed by atoms with van der Waals surface area (Å²) >= 11 is 1.32. The second kappa shape index (κ2) is 9.04. The molecule has 1 aliphatic rings. The number of nitrogens with zero attached hydrogens (tertiary/aromatic N) is 5. The van der Waals surface area contributed by atoms with Crippen LogP contribution in [0.1, 0.15) is 26.2 Å². The van der Waals surface area contributed by atoms with Crippen molar-refractivity contribution in [3.8, 4) is 11.4 Å². The zero-order valence-electron chi connectivity index (χ0n) is 16.1. The fourth-order valence-corrected chi connectivity index (χ4v) is 5.78. The SMILES string of the molecule is CCCCN(C(=O)CSc1nnc(-c2cccnc2)n1C)[C@H]1CCS(=O)(=O)C1. The number of aromatic nitrogens is 4. The summed E-state index contributed by atoms with van der Waals surface area (Å²) in [6.45, 7) is 2.65. The Labute approximate surface area is 169 Å². The third-order valence-corrected chi connectivity index (χ3v) is 7.56. The summed E-state index contributed by atoms with van der Waals surface area (Å²) in [5, 5.41) is 9.03. The molecule has 0 radical (unpaired) electrons. The Kier molecular flexibility index (Phi) is 6.71. The molecule has 0 N–H and O–H groups in total. The normalized spacial score (nSPS) is 18.3. The molecule has 3 rings (SSSR count). The fourth-order valence-electron chi connectivity index (χ4n) is 3.26. The molecule has 0 aromatic carbocycles. The molecular weight excluding hydrogens is 398 g/mol. The largest absolute Gasteiger partial charge is 0.338 e. The molecule has 2 aromatic rings. The van der Waals surface area contributed by atoms with Crippen molar-refractivity contribution in [3.05, 3.63) is 24.5 Å². The second-order valence-corrected chi connectivity index (χ2v) is 10.1. The minimum Gasteiger partial charge on any atom is -0.338 e. The lowest BCUT2D eigenvalue weighted by Crippen LogP contribution is -2.42. The van der Waals surface area contributed by atoms with Crippen LogP contribution < -0.4 is 0 Å². The molecule has 1 amide bonds. The number of carbonyl (C=O) groups excluding carboxylic acids is 1. The predicted octanol–water partition coefficient (Wildman–Crippen LogP) is 1.78. The molecule has 0 aliphatic carbocycles. The highest BCUT2D eigenvalue weighted by Crippen LogP contribution is 2.24. The highest BCUT2D eigenvalue weighted by atomic mass is 32.2. The summed E-state index contributed by atoms with van der Waals surface area (Å²) in [6, 6.07) is 3.53. The van der Waals surface area contributed by atoms with Crippen LogP contribution in [0.2, 0.25) is 0 Å². The monoisotopic (exact) mass is 423 g/mol. The molecular formula is C18H25N5O3S2. The maximum Gasteiger partial charge on any atom is 0.233 e. The van der Waals surface area contributed by atoms with Crippen molar-refractivity contribution in [2.75, 3.05) is 23.8 Å². The van der Waals surface area contributed by atoms with Crippen LogP contribution in [0, 0.1) is 0 Å². The molecule has 0 saturated carbocycles. The number of amides is 1. The van der Waals surface area contributed by atoms with Crippen molar-refractivity contribution in [2.24, 2.45) is 7.05 Å². The zero-order chi connectivity index (χ0) is 20.1. The van der Waals surface area contributed by atoms with Gasteiger partial charge in [-0.05, 0) is 25.0 Å². The number of sulfone groups is 1. The van der Waals surface area contributed by atoms with Crippen LogP contribution in [0.3, 0.4) is 0 Å². The molecule has 1 aliphatic heterocycles. The van der Waals surface area contributed by atoms with E-state index in [9.17, 15) is 13.2 Å². The molecule has 0 unspecified atom stereocenters. The summed E-state index contributed by atoms with van der Waals surface area (Å²) < 4.78 is 25.5. The van der Waals surface area contributed by atoms with Gasteiger partial charge in [-0.25, -0.2) is 8.42 Å². The van der Waals surface area contributed by atoms with E-state index in [1.807, 2.05) is 23.7 Å². The van der Waals surface area contributed by atoms with Crippen molar-refractivity contribution in [3.63, 3.8) is 0 Å². The van der Waals surface area contributed by atoms with Gasteiger partial charge < -0.3 is 9.47 Å². The molecule has 8 nitrogen and oxygen atoms in total. The summed E-state index contributed by atoms with van der Waals surface area (Å²) in [4.78, 5) is 18.7. The molecule has 2 aromatic heterocycles. The molecule has 1 fully saturated rings. The van der Waals surface area contributed by atoms with Gasteiger partial charge in [0, 0.05) is 37.6 Å². The zero-order valence-corrected chi connectivity index (χ0v) is 17.7. The minimum absolute atomic E-state index is 0.0496.